The summed E-state index contributed by atoms with van der Waals surface area (Å²) in [6.45, 7) is 2.30. The third kappa shape index (κ3) is 2.90. The van der Waals surface area contributed by atoms with Crippen molar-refractivity contribution in [3.63, 3.8) is 0 Å². The summed E-state index contributed by atoms with van der Waals surface area (Å²) in [5.41, 5.74) is 4.76. The molecule has 0 radical (unpaired) electrons. The number of aryl methyl sites for hydroxylation is 2. The monoisotopic (exact) mass is 325 g/mol. The molecular formula is C19H23N3O2. The van der Waals surface area contributed by atoms with E-state index in [0.717, 1.165) is 50.1 Å². The van der Waals surface area contributed by atoms with E-state index in [2.05, 4.69) is 11.2 Å². The van der Waals surface area contributed by atoms with Crippen LogP contribution in [0.15, 0.2) is 24.4 Å². The highest BCUT2D eigenvalue weighted by Gasteiger charge is 2.22. The van der Waals surface area contributed by atoms with Gasteiger partial charge in [-0.1, -0.05) is 12.1 Å². The Balaban J connectivity index is 1.48. The summed E-state index contributed by atoms with van der Waals surface area (Å²) >= 11 is 0. The summed E-state index contributed by atoms with van der Waals surface area (Å²) in [6, 6.07) is 6.17. The molecule has 0 unspecified atom stereocenters. The fourth-order valence-electron chi connectivity index (χ4n) is 3.71. The Labute approximate surface area is 142 Å². The zero-order chi connectivity index (χ0) is 16.5. The van der Waals surface area contributed by atoms with Crippen LogP contribution in [-0.4, -0.2) is 33.7 Å². The van der Waals surface area contributed by atoms with Crippen molar-refractivity contribution in [1.82, 2.24) is 14.7 Å². The molecule has 1 aromatic carbocycles. The summed E-state index contributed by atoms with van der Waals surface area (Å²) < 4.78 is 7.59. The van der Waals surface area contributed by atoms with Gasteiger partial charge in [0.2, 0.25) is 5.91 Å². The van der Waals surface area contributed by atoms with Gasteiger partial charge in [0.1, 0.15) is 5.75 Å². The van der Waals surface area contributed by atoms with E-state index in [-0.39, 0.29) is 5.91 Å². The van der Waals surface area contributed by atoms with E-state index >= 15 is 0 Å². The lowest BCUT2D eigenvalue weighted by atomic mass is 10.0. The molecule has 2 aliphatic heterocycles. The van der Waals surface area contributed by atoms with Crippen LogP contribution in [0.1, 0.15) is 35.2 Å². The highest BCUT2D eigenvalue weighted by molar-refractivity contribution is 5.79. The van der Waals surface area contributed by atoms with Crippen LogP contribution in [0.3, 0.4) is 0 Å². The van der Waals surface area contributed by atoms with Crippen LogP contribution in [0.25, 0.3) is 0 Å². The highest BCUT2D eigenvalue weighted by Crippen LogP contribution is 2.26. The summed E-state index contributed by atoms with van der Waals surface area (Å²) in [7, 11) is 1.98. The predicted octanol–water partition coefficient (Wildman–Crippen LogP) is 2.26. The standard InChI is InChI=1S/C19H23N3O2/c1-21-17-5-2-8-22(13-16(17)12-20-21)19(23)11-14-6-7-18-15(10-14)4-3-9-24-18/h6-7,10,12H,2-5,8-9,11,13H2,1H3. The second-order valence-corrected chi connectivity index (χ2v) is 6.73. The van der Waals surface area contributed by atoms with Crippen molar-refractivity contribution >= 4 is 5.91 Å². The van der Waals surface area contributed by atoms with Crippen LogP contribution in [-0.2, 0) is 37.6 Å². The van der Waals surface area contributed by atoms with E-state index in [1.54, 1.807) is 0 Å². The molecule has 0 fully saturated rings. The number of amides is 1. The van der Waals surface area contributed by atoms with Crippen LogP contribution >= 0.6 is 0 Å². The molecule has 5 nitrogen and oxygen atoms in total. The fraction of sp³-hybridized carbons (Fsp3) is 0.474. The largest absolute Gasteiger partial charge is 0.493 e. The van der Waals surface area contributed by atoms with E-state index in [4.69, 9.17) is 4.74 Å². The molecule has 0 N–H and O–H groups in total. The predicted molar refractivity (Wildman–Crippen MR) is 90.9 cm³/mol. The third-order valence-electron chi connectivity index (χ3n) is 5.03. The van der Waals surface area contributed by atoms with E-state index in [1.165, 1.54) is 16.8 Å². The molecule has 0 aliphatic carbocycles. The average Bonchev–Trinajstić information content (AvgIpc) is 2.82. The first-order valence-electron chi connectivity index (χ1n) is 8.73. The maximum Gasteiger partial charge on any atom is 0.227 e. The molecule has 0 spiro atoms. The van der Waals surface area contributed by atoms with Gasteiger partial charge in [-0.05, 0) is 42.9 Å². The van der Waals surface area contributed by atoms with Crippen molar-refractivity contribution < 1.29 is 9.53 Å². The first kappa shape index (κ1) is 15.2. The Kier molecular flexibility index (Phi) is 4.00. The molecule has 2 aliphatic rings. The molecule has 0 saturated heterocycles. The average molecular weight is 325 g/mol. The number of rotatable bonds is 2. The SMILES string of the molecule is Cn1ncc2c1CCCN(C(=O)Cc1ccc3c(c1)CCCO3)C2. The summed E-state index contributed by atoms with van der Waals surface area (Å²) in [6.07, 6.45) is 6.45. The van der Waals surface area contributed by atoms with Crippen molar-refractivity contribution in [2.75, 3.05) is 13.2 Å². The van der Waals surface area contributed by atoms with Crippen LogP contribution in [0.4, 0.5) is 0 Å². The van der Waals surface area contributed by atoms with Gasteiger partial charge in [-0.3, -0.25) is 9.48 Å². The highest BCUT2D eigenvalue weighted by atomic mass is 16.5. The first-order chi connectivity index (χ1) is 11.7. The molecule has 3 heterocycles. The van der Waals surface area contributed by atoms with Gasteiger partial charge < -0.3 is 9.64 Å². The second kappa shape index (κ2) is 6.30. The first-order valence-corrected chi connectivity index (χ1v) is 8.73. The molecule has 1 aromatic heterocycles. The van der Waals surface area contributed by atoms with Crippen LogP contribution in [0.5, 0.6) is 5.75 Å². The molecule has 24 heavy (non-hydrogen) atoms. The van der Waals surface area contributed by atoms with Gasteiger partial charge in [-0.2, -0.15) is 5.10 Å². The topological polar surface area (TPSA) is 47.4 Å². The molecule has 5 heteroatoms. The Hall–Kier alpha value is -2.30. The lowest BCUT2D eigenvalue weighted by Crippen LogP contribution is -2.32. The second-order valence-electron chi connectivity index (χ2n) is 6.73. The number of carbonyl (C=O) groups is 1. The van der Waals surface area contributed by atoms with Gasteiger partial charge >= 0.3 is 0 Å². The molecule has 0 bridgehead atoms. The van der Waals surface area contributed by atoms with Gasteiger partial charge in [-0.25, -0.2) is 0 Å². The lowest BCUT2D eigenvalue weighted by molar-refractivity contribution is -0.131. The molecular weight excluding hydrogens is 302 g/mol. The van der Waals surface area contributed by atoms with Crippen molar-refractivity contribution in [3.8, 4) is 5.75 Å². The smallest absolute Gasteiger partial charge is 0.227 e. The molecule has 4 rings (SSSR count). The summed E-state index contributed by atoms with van der Waals surface area (Å²) in [5, 5.41) is 4.33. The fourth-order valence-corrected chi connectivity index (χ4v) is 3.71. The van der Waals surface area contributed by atoms with Gasteiger partial charge in [0, 0.05) is 31.4 Å². The van der Waals surface area contributed by atoms with E-state index < -0.39 is 0 Å². The Bertz CT molecular complexity index is 766. The van der Waals surface area contributed by atoms with Crippen molar-refractivity contribution in [2.45, 2.75) is 38.6 Å². The Morgan fingerprint density at radius 3 is 3.08 bits per heavy atom. The van der Waals surface area contributed by atoms with Crippen LogP contribution < -0.4 is 4.74 Å². The minimum Gasteiger partial charge on any atom is -0.493 e. The maximum atomic E-state index is 12.8. The number of aromatic nitrogens is 2. The minimum atomic E-state index is 0.198. The molecule has 1 amide bonds. The van der Waals surface area contributed by atoms with E-state index in [0.29, 0.717) is 13.0 Å². The van der Waals surface area contributed by atoms with E-state index in [1.807, 2.05) is 35.0 Å². The number of benzene rings is 1. The van der Waals surface area contributed by atoms with Gasteiger partial charge in [0.15, 0.2) is 0 Å². The summed E-state index contributed by atoms with van der Waals surface area (Å²) in [4.78, 5) is 14.7. The van der Waals surface area contributed by atoms with Crippen molar-refractivity contribution in [1.29, 1.82) is 0 Å². The van der Waals surface area contributed by atoms with Crippen molar-refractivity contribution in [3.05, 3.63) is 46.8 Å². The van der Waals surface area contributed by atoms with Gasteiger partial charge in [-0.15, -0.1) is 0 Å². The molecule has 2 aromatic rings. The van der Waals surface area contributed by atoms with Crippen molar-refractivity contribution in [2.24, 2.45) is 7.05 Å². The number of carbonyl (C=O) groups excluding carboxylic acids is 1. The lowest BCUT2D eigenvalue weighted by Gasteiger charge is -2.21. The van der Waals surface area contributed by atoms with Gasteiger partial charge in [0.05, 0.1) is 19.2 Å². The molecule has 0 saturated carbocycles. The number of fused-ring (bicyclic) bond motifs is 2. The Morgan fingerprint density at radius 2 is 2.17 bits per heavy atom. The molecule has 0 atom stereocenters. The normalized spacial score (nSPS) is 16.8. The minimum absolute atomic E-state index is 0.198. The molecule has 126 valence electrons. The zero-order valence-corrected chi connectivity index (χ0v) is 14.1. The number of hydrogen-bond acceptors (Lipinski definition) is 3. The third-order valence-corrected chi connectivity index (χ3v) is 5.03. The van der Waals surface area contributed by atoms with Crippen LogP contribution in [0, 0.1) is 0 Å². The number of nitrogens with zero attached hydrogens (tertiary/aromatic N) is 3. The Morgan fingerprint density at radius 1 is 1.25 bits per heavy atom. The summed E-state index contributed by atoms with van der Waals surface area (Å²) in [5.74, 6) is 1.18. The van der Waals surface area contributed by atoms with Crippen LogP contribution in [0.2, 0.25) is 0 Å². The number of hydrogen-bond donors (Lipinski definition) is 0. The van der Waals surface area contributed by atoms with E-state index in [9.17, 15) is 4.79 Å². The quantitative estimate of drug-likeness (QED) is 0.851. The maximum absolute atomic E-state index is 12.8. The van der Waals surface area contributed by atoms with Gasteiger partial charge in [0.25, 0.3) is 0 Å². The zero-order valence-electron chi connectivity index (χ0n) is 14.1. The number of ether oxygens (including phenoxy) is 1.